The number of nitrogens with one attached hydrogen (secondary N) is 2. The van der Waals surface area contributed by atoms with E-state index in [0.717, 1.165) is 0 Å². The smallest absolute Gasteiger partial charge is 0.463 e. The van der Waals surface area contributed by atoms with Gasteiger partial charge in [0.1, 0.15) is 18.1 Å². The van der Waals surface area contributed by atoms with Crippen LogP contribution < -0.4 is 10.6 Å². The fourth-order valence-corrected chi connectivity index (χ4v) is 3.78. The maximum absolute atomic E-state index is 13.0. The Labute approximate surface area is 218 Å². The van der Waals surface area contributed by atoms with Gasteiger partial charge < -0.3 is 24.8 Å². The molecule has 0 heterocycles. The number of phosphoric acid groups is 1. The number of phosphoric ester groups is 1. The van der Waals surface area contributed by atoms with Gasteiger partial charge in [0.2, 0.25) is 11.8 Å². The largest absolute Gasteiger partial charge is 0.475 e. The van der Waals surface area contributed by atoms with Crippen LogP contribution in [-0.2, 0) is 51.5 Å². The SMILES string of the molecule is C=CCOP(=O)(OCCNC(=O)CC(=O)OC(C)(C)C)OC[C@@H](COCC[C@@H](C)OC(C)=O)NC(C)=O. The van der Waals surface area contributed by atoms with Crippen molar-refractivity contribution in [1.29, 1.82) is 0 Å². The lowest BCUT2D eigenvalue weighted by Crippen LogP contribution is -2.40. The Morgan fingerprint density at radius 1 is 1.03 bits per heavy atom. The molecule has 2 N–H and O–H groups in total. The third-order valence-electron chi connectivity index (χ3n) is 3.95. The summed E-state index contributed by atoms with van der Waals surface area (Å²) in [5, 5.41) is 5.07. The van der Waals surface area contributed by atoms with E-state index in [9.17, 15) is 23.7 Å². The molecule has 0 aromatic rings. The van der Waals surface area contributed by atoms with Crippen molar-refractivity contribution >= 4 is 31.6 Å². The molecule has 214 valence electrons. The summed E-state index contributed by atoms with van der Waals surface area (Å²) in [7, 11) is -4.10. The first-order valence-electron chi connectivity index (χ1n) is 11.8. The highest BCUT2D eigenvalue weighted by Gasteiger charge is 2.28. The minimum absolute atomic E-state index is 0.0224. The van der Waals surface area contributed by atoms with E-state index in [1.54, 1.807) is 27.7 Å². The molecule has 0 fully saturated rings. The molecule has 0 spiro atoms. The van der Waals surface area contributed by atoms with Gasteiger partial charge in [0.05, 0.1) is 39.1 Å². The van der Waals surface area contributed by atoms with E-state index in [1.165, 1.54) is 19.9 Å². The zero-order valence-corrected chi connectivity index (χ0v) is 23.4. The van der Waals surface area contributed by atoms with E-state index in [2.05, 4.69) is 17.2 Å². The minimum Gasteiger partial charge on any atom is -0.463 e. The average Bonchev–Trinajstić information content (AvgIpc) is 2.74. The van der Waals surface area contributed by atoms with Crippen LogP contribution >= 0.6 is 7.82 Å². The predicted octanol–water partition coefficient (Wildman–Crippen LogP) is 2.04. The molecule has 0 saturated heterocycles. The summed E-state index contributed by atoms with van der Waals surface area (Å²) in [4.78, 5) is 46.1. The fourth-order valence-electron chi connectivity index (χ4n) is 2.59. The lowest BCUT2D eigenvalue weighted by molar-refractivity contribution is -0.156. The molecular formula is C23H41N2O11P. The van der Waals surface area contributed by atoms with Crippen molar-refractivity contribution < 1.29 is 51.5 Å². The second-order valence-electron chi connectivity index (χ2n) is 8.95. The molecule has 0 aromatic heterocycles. The number of ether oxygens (including phenoxy) is 3. The first-order valence-corrected chi connectivity index (χ1v) is 13.3. The normalized spacial score (nSPS) is 14.5. The van der Waals surface area contributed by atoms with E-state index in [1.807, 2.05) is 0 Å². The van der Waals surface area contributed by atoms with Crippen LogP contribution in [0.3, 0.4) is 0 Å². The van der Waals surface area contributed by atoms with Crippen molar-refractivity contribution in [2.75, 3.05) is 39.6 Å². The molecule has 0 aliphatic rings. The number of carbonyl (C=O) groups excluding carboxylic acids is 4. The first-order chi connectivity index (χ1) is 17.2. The van der Waals surface area contributed by atoms with E-state index in [0.29, 0.717) is 6.42 Å². The standard InChI is InChI=1S/C23H41N2O11P/c1-8-11-32-37(30,33-13-10-24-21(28)14-22(29)36-23(5,6)7)34-16-20(25-18(3)26)15-31-12-9-17(2)35-19(4)27/h8,17,20H,1,9-16H2,2-7H3,(H,24,28)(H,25,26)/t17-,20-,37?/m1/s1. The van der Waals surface area contributed by atoms with E-state index >= 15 is 0 Å². The third-order valence-corrected chi connectivity index (χ3v) is 5.37. The van der Waals surface area contributed by atoms with Crippen molar-refractivity contribution in [2.45, 2.75) is 72.1 Å². The zero-order chi connectivity index (χ0) is 28.5. The number of amides is 2. The maximum atomic E-state index is 13.0. The highest BCUT2D eigenvalue weighted by Crippen LogP contribution is 2.49. The van der Waals surface area contributed by atoms with Crippen molar-refractivity contribution in [2.24, 2.45) is 0 Å². The summed E-state index contributed by atoms with van der Waals surface area (Å²) in [5.74, 6) is -2.02. The van der Waals surface area contributed by atoms with Gasteiger partial charge in [-0.05, 0) is 27.7 Å². The van der Waals surface area contributed by atoms with Crippen LogP contribution in [0.4, 0.5) is 0 Å². The molecule has 0 bridgehead atoms. The van der Waals surface area contributed by atoms with Crippen LogP contribution in [0.5, 0.6) is 0 Å². The van der Waals surface area contributed by atoms with Gasteiger partial charge in [0.25, 0.3) is 0 Å². The Balaban J connectivity index is 4.71. The molecule has 37 heavy (non-hydrogen) atoms. The van der Waals surface area contributed by atoms with Gasteiger partial charge in [0.15, 0.2) is 0 Å². The fraction of sp³-hybridized carbons (Fsp3) is 0.739. The quantitative estimate of drug-likeness (QED) is 0.0792. The summed E-state index contributed by atoms with van der Waals surface area (Å²) in [5.41, 5.74) is -0.713. The molecule has 0 radical (unpaired) electrons. The van der Waals surface area contributed by atoms with Crippen LogP contribution in [0.25, 0.3) is 0 Å². The maximum Gasteiger partial charge on any atom is 0.475 e. The van der Waals surface area contributed by atoms with Crippen LogP contribution in [0.15, 0.2) is 12.7 Å². The van der Waals surface area contributed by atoms with Gasteiger partial charge in [0, 0.05) is 26.8 Å². The molecule has 3 atom stereocenters. The van der Waals surface area contributed by atoms with Crippen molar-refractivity contribution in [3.8, 4) is 0 Å². The number of hydrogen-bond acceptors (Lipinski definition) is 11. The number of rotatable bonds is 19. The van der Waals surface area contributed by atoms with Gasteiger partial charge in [-0.25, -0.2) is 4.57 Å². The van der Waals surface area contributed by atoms with Gasteiger partial charge >= 0.3 is 19.8 Å². The number of carbonyl (C=O) groups is 4. The molecular weight excluding hydrogens is 511 g/mol. The van der Waals surface area contributed by atoms with Crippen molar-refractivity contribution in [3.63, 3.8) is 0 Å². The molecule has 0 rings (SSSR count). The Morgan fingerprint density at radius 3 is 2.27 bits per heavy atom. The zero-order valence-electron chi connectivity index (χ0n) is 22.5. The van der Waals surface area contributed by atoms with Crippen LogP contribution in [-0.4, -0.2) is 81.1 Å². The molecule has 2 amide bonds. The second-order valence-corrected chi connectivity index (χ2v) is 10.6. The molecule has 0 aliphatic carbocycles. The lowest BCUT2D eigenvalue weighted by Gasteiger charge is -2.22. The van der Waals surface area contributed by atoms with E-state index in [4.69, 9.17) is 27.8 Å². The molecule has 1 unspecified atom stereocenters. The predicted molar refractivity (Wildman–Crippen MR) is 133 cm³/mol. The molecule has 0 aliphatic heterocycles. The van der Waals surface area contributed by atoms with Crippen molar-refractivity contribution in [3.05, 3.63) is 12.7 Å². The van der Waals surface area contributed by atoms with E-state index in [-0.39, 0.29) is 51.6 Å². The summed E-state index contributed by atoms with van der Waals surface area (Å²) in [6.07, 6.45) is 0.979. The van der Waals surface area contributed by atoms with Gasteiger partial charge in [-0.2, -0.15) is 0 Å². The third kappa shape index (κ3) is 20.4. The van der Waals surface area contributed by atoms with Gasteiger partial charge in [-0.1, -0.05) is 6.08 Å². The Hall–Kier alpha value is -2.31. The topological polar surface area (TPSA) is 165 Å². The highest BCUT2D eigenvalue weighted by molar-refractivity contribution is 7.48. The van der Waals surface area contributed by atoms with E-state index < -0.39 is 43.7 Å². The molecule has 0 saturated carbocycles. The Bertz CT molecular complexity index is 798. The molecule has 0 aromatic carbocycles. The van der Waals surface area contributed by atoms with Crippen molar-refractivity contribution in [1.82, 2.24) is 10.6 Å². The summed E-state index contributed by atoms with van der Waals surface area (Å²) < 4.78 is 44.3. The van der Waals surface area contributed by atoms with Crippen LogP contribution in [0, 0.1) is 0 Å². The molecule has 14 heteroatoms. The summed E-state index contributed by atoms with van der Waals surface area (Å²) in [6, 6.07) is -0.681. The van der Waals surface area contributed by atoms with Crippen LogP contribution in [0.2, 0.25) is 0 Å². The second kappa shape index (κ2) is 18.0. The summed E-state index contributed by atoms with van der Waals surface area (Å²) >= 11 is 0. The number of esters is 2. The van der Waals surface area contributed by atoms with Gasteiger partial charge in [-0.3, -0.25) is 32.7 Å². The minimum atomic E-state index is -4.10. The Kier molecular flexibility index (Phi) is 16.9. The summed E-state index contributed by atoms with van der Waals surface area (Å²) in [6.45, 7) is 12.4. The van der Waals surface area contributed by atoms with Crippen LogP contribution in [0.1, 0.15) is 54.4 Å². The van der Waals surface area contributed by atoms with Gasteiger partial charge in [-0.15, -0.1) is 6.58 Å². The Morgan fingerprint density at radius 2 is 1.70 bits per heavy atom. The highest BCUT2D eigenvalue weighted by atomic mass is 31.2. The number of hydrogen-bond donors (Lipinski definition) is 2. The lowest BCUT2D eigenvalue weighted by atomic mass is 10.2. The average molecular weight is 553 g/mol. The monoisotopic (exact) mass is 552 g/mol. The first kappa shape index (κ1) is 34.7. The molecule has 13 nitrogen and oxygen atoms in total.